The van der Waals surface area contributed by atoms with Gasteiger partial charge in [0, 0.05) is 38.8 Å². The van der Waals surface area contributed by atoms with Gasteiger partial charge in [-0.2, -0.15) is 0 Å². The average Bonchev–Trinajstić information content (AvgIpc) is 3.46. The molecule has 3 rings (SSSR count). The second-order valence-electron chi connectivity index (χ2n) is 7.58. The minimum atomic E-state index is 0. The Morgan fingerprint density at radius 1 is 1.23 bits per heavy atom. The molecular formula is C21H34IN3O. The van der Waals surface area contributed by atoms with Crippen molar-refractivity contribution < 1.29 is 4.74 Å². The Morgan fingerprint density at radius 2 is 1.92 bits per heavy atom. The van der Waals surface area contributed by atoms with Crippen molar-refractivity contribution in [3.63, 3.8) is 0 Å². The smallest absolute Gasteiger partial charge is 0.193 e. The van der Waals surface area contributed by atoms with Crippen LogP contribution in [0.1, 0.15) is 44.6 Å². The molecule has 1 aliphatic carbocycles. The van der Waals surface area contributed by atoms with Gasteiger partial charge in [-0.25, -0.2) is 0 Å². The van der Waals surface area contributed by atoms with E-state index in [2.05, 4.69) is 54.5 Å². The van der Waals surface area contributed by atoms with Crippen LogP contribution in [-0.2, 0) is 10.2 Å². The predicted molar refractivity (Wildman–Crippen MR) is 120 cm³/mol. The summed E-state index contributed by atoms with van der Waals surface area (Å²) >= 11 is 0. The van der Waals surface area contributed by atoms with E-state index in [4.69, 9.17) is 9.73 Å². The number of ether oxygens (including phenoxy) is 1. The summed E-state index contributed by atoms with van der Waals surface area (Å²) in [6.07, 6.45) is 6.16. The van der Waals surface area contributed by atoms with E-state index in [1.54, 1.807) is 0 Å². The van der Waals surface area contributed by atoms with Gasteiger partial charge in [-0.15, -0.1) is 24.0 Å². The Bertz CT molecular complexity index is 554. The lowest BCUT2D eigenvalue weighted by molar-refractivity contribution is 0.0625. The summed E-state index contributed by atoms with van der Waals surface area (Å²) in [4.78, 5) is 7.30. The molecule has 0 spiro atoms. The summed E-state index contributed by atoms with van der Waals surface area (Å²) < 4.78 is 5.47. The highest BCUT2D eigenvalue weighted by Crippen LogP contribution is 2.48. The van der Waals surface area contributed by atoms with Crippen LogP contribution in [0.4, 0.5) is 0 Å². The topological polar surface area (TPSA) is 36.9 Å². The van der Waals surface area contributed by atoms with Gasteiger partial charge in [0.2, 0.25) is 0 Å². The van der Waals surface area contributed by atoms with Gasteiger partial charge in [-0.1, -0.05) is 30.3 Å². The third-order valence-corrected chi connectivity index (χ3v) is 5.68. The first-order chi connectivity index (χ1) is 12.2. The number of benzene rings is 1. The van der Waals surface area contributed by atoms with Crippen molar-refractivity contribution in [3.8, 4) is 0 Å². The normalized spacial score (nSPS) is 19.5. The van der Waals surface area contributed by atoms with Gasteiger partial charge in [0.05, 0.1) is 6.54 Å². The summed E-state index contributed by atoms with van der Waals surface area (Å²) in [5.41, 5.74) is 1.73. The van der Waals surface area contributed by atoms with Crippen LogP contribution in [0.3, 0.4) is 0 Å². The average molecular weight is 471 g/mol. The minimum absolute atomic E-state index is 0. The fourth-order valence-electron chi connectivity index (χ4n) is 3.69. The molecular weight excluding hydrogens is 437 g/mol. The molecule has 0 radical (unpaired) electrons. The molecule has 0 bridgehead atoms. The van der Waals surface area contributed by atoms with Crippen LogP contribution < -0.4 is 5.32 Å². The zero-order chi connectivity index (χ0) is 17.5. The van der Waals surface area contributed by atoms with Crippen LogP contribution >= 0.6 is 24.0 Å². The number of nitrogens with zero attached hydrogens (tertiary/aromatic N) is 2. The lowest BCUT2D eigenvalue weighted by atomic mass is 9.96. The molecule has 146 valence electrons. The molecule has 4 nitrogen and oxygen atoms in total. The molecule has 1 aromatic rings. The predicted octanol–water partition coefficient (Wildman–Crippen LogP) is 4.05. The Balaban J connectivity index is 0.00000243. The van der Waals surface area contributed by atoms with Crippen molar-refractivity contribution in [1.29, 1.82) is 0 Å². The standard InChI is InChI=1S/C21H33N3O.HI/c1-3-22-20(24(2)14-9-18-10-15-25-16-11-18)23-17-21(12-13-21)19-7-5-4-6-8-19;/h4-8,18H,3,9-17H2,1-2H3,(H,22,23);1H. The highest BCUT2D eigenvalue weighted by Gasteiger charge is 2.44. The molecule has 0 atom stereocenters. The Kier molecular flexibility index (Phi) is 8.67. The van der Waals surface area contributed by atoms with E-state index in [1.165, 1.54) is 37.7 Å². The Morgan fingerprint density at radius 3 is 2.54 bits per heavy atom. The molecule has 1 aliphatic heterocycles. The second-order valence-corrected chi connectivity index (χ2v) is 7.58. The van der Waals surface area contributed by atoms with Crippen molar-refractivity contribution in [1.82, 2.24) is 10.2 Å². The van der Waals surface area contributed by atoms with Gasteiger partial charge in [-0.05, 0) is 50.5 Å². The zero-order valence-electron chi connectivity index (χ0n) is 16.2. The van der Waals surface area contributed by atoms with Gasteiger partial charge < -0.3 is 15.0 Å². The van der Waals surface area contributed by atoms with Crippen molar-refractivity contribution in [2.75, 3.05) is 39.9 Å². The number of nitrogens with one attached hydrogen (secondary N) is 1. The van der Waals surface area contributed by atoms with E-state index < -0.39 is 0 Å². The molecule has 26 heavy (non-hydrogen) atoms. The molecule has 5 heteroatoms. The number of guanidine groups is 1. The summed E-state index contributed by atoms with van der Waals surface area (Å²) in [5.74, 6) is 1.86. The van der Waals surface area contributed by atoms with Gasteiger partial charge in [-0.3, -0.25) is 4.99 Å². The first-order valence-corrected chi connectivity index (χ1v) is 9.86. The molecule has 1 N–H and O–H groups in total. The summed E-state index contributed by atoms with van der Waals surface area (Å²) in [7, 11) is 2.17. The van der Waals surface area contributed by atoms with E-state index in [0.717, 1.165) is 44.7 Å². The van der Waals surface area contributed by atoms with Gasteiger partial charge in [0.1, 0.15) is 0 Å². The van der Waals surface area contributed by atoms with Gasteiger partial charge in [0.15, 0.2) is 5.96 Å². The monoisotopic (exact) mass is 471 g/mol. The van der Waals surface area contributed by atoms with Crippen molar-refractivity contribution >= 4 is 29.9 Å². The fraction of sp³-hybridized carbons (Fsp3) is 0.667. The lowest BCUT2D eigenvalue weighted by Gasteiger charge is -2.27. The van der Waals surface area contributed by atoms with Gasteiger partial charge >= 0.3 is 0 Å². The van der Waals surface area contributed by atoms with E-state index in [-0.39, 0.29) is 29.4 Å². The third kappa shape index (κ3) is 5.84. The molecule has 2 fully saturated rings. The maximum Gasteiger partial charge on any atom is 0.193 e. The molecule has 0 unspecified atom stereocenters. The number of aliphatic imine (C=N–C) groups is 1. The minimum Gasteiger partial charge on any atom is -0.381 e. The van der Waals surface area contributed by atoms with Crippen LogP contribution in [0.25, 0.3) is 0 Å². The van der Waals surface area contributed by atoms with Crippen molar-refractivity contribution in [3.05, 3.63) is 35.9 Å². The molecule has 1 heterocycles. The maximum absolute atomic E-state index is 5.47. The maximum atomic E-state index is 5.47. The summed E-state index contributed by atoms with van der Waals surface area (Å²) in [6, 6.07) is 10.9. The van der Waals surface area contributed by atoms with Crippen molar-refractivity contribution in [2.45, 2.75) is 44.4 Å². The molecule has 2 aliphatic rings. The van der Waals surface area contributed by atoms with Crippen molar-refractivity contribution in [2.24, 2.45) is 10.9 Å². The molecule has 1 saturated heterocycles. The fourth-order valence-corrected chi connectivity index (χ4v) is 3.69. The van der Waals surface area contributed by atoms with Crippen LogP contribution in [0.15, 0.2) is 35.3 Å². The van der Waals surface area contributed by atoms with Crippen LogP contribution in [0.2, 0.25) is 0 Å². The zero-order valence-corrected chi connectivity index (χ0v) is 18.6. The summed E-state index contributed by atoms with van der Waals surface area (Å²) in [5, 5.41) is 3.47. The van der Waals surface area contributed by atoms with E-state index in [9.17, 15) is 0 Å². The largest absolute Gasteiger partial charge is 0.381 e. The number of rotatable bonds is 7. The quantitative estimate of drug-likeness (QED) is 0.371. The number of hydrogen-bond donors (Lipinski definition) is 1. The third-order valence-electron chi connectivity index (χ3n) is 5.68. The Labute approximate surface area is 175 Å². The molecule has 0 amide bonds. The summed E-state index contributed by atoms with van der Waals surface area (Å²) in [6.45, 7) is 6.88. The first kappa shape index (κ1) is 21.5. The lowest BCUT2D eigenvalue weighted by Crippen LogP contribution is -2.40. The first-order valence-electron chi connectivity index (χ1n) is 9.86. The molecule has 1 aromatic carbocycles. The molecule has 1 saturated carbocycles. The Hall–Kier alpha value is -0.820. The SMILES string of the molecule is CCNC(=NCC1(c2ccccc2)CC1)N(C)CCC1CCOCC1.I. The highest BCUT2D eigenvalue weighted by molar-refractivity contribution is 14.0. The number of halogens is 1. The molecule has 0 aromatic heterocycles. The van der Waals surface area contributed by atoms with Crippen LogP contribution in [-0.4, -0.2) is 50.8 Å². The van der Waals surface area contributed by atoms with E-state index >= 15 is 0 Å². The van der Waals surface area contributed by atoms with Crippen LogP contribution in [0, 0.1) is 5.92 Å². The van der Waals surface area contributed by atoms with Crippen LogP contribution in [0.5, 0.6) is 0 Å². The van der Waals surface area contributed by atoms with Gasteiger partial charge in [0.25, 0.3) is 0 Å². The highest BCUT2D eigenvalue weighted by atomic mass is 127. The second kappa shape index (κ2) is 10.5. The number of hydrogen-bond acceptors (Lipinski definition) is 2. The van der Waals surface area contributed by atoms with E-state index in [0.29, 0.717) is 0 Å². The van der Waals surface area contributed by atoms with E-state index in [1.807, 2.05) is 0 Å².